The first-order chi connectivity index (χ1) is 16.1. The maximum absolute atomic E-state index is 11.6. The maximum atomic E-state index is 11.6. The van der Waals surface area contributed by atoms with Crippen LogP contribution in [0.25, 0.3) is 0 Å². The molecule has 0 fully saturated rings. The van der Waals surface area contributed by atoms with Gasteiger partial charge in [-0.15, -0.1) is 0 Å². The minimum Gasteiger partial charge on any atom is -0.379 e. The number of unbranched alkanes of at least 4 members (excludes halogenated alkanes) is 16. The van der Waals surface area contributed by atoms with Crippen molar-refractivity contribution in [2.75, 3.05) is 32.2 Å². The average Bonchev–Trinajstić information content (AvgIpc) is 2.80. The molecule has 0 aliphatic rings. The Morgan fingerprint density at radius 2 is 1.09 bits per heavy atom. The molecule has 0 rings (SSSR count). The summed E-state index contributed by atoms with van der Waals surface area (Å²) in [5.74, 6) is 2.51. The van der Waals surface area contributed by atoms with Gasteiger partial charge in [-0.25, -0.2) is 0 Å². The molecule has 0 bridgehead atoms. The van der Waals surface area contributed by atoms with E-state index in [1.54, 1.807) is 0 Å². The van der Waals surface area contributed by atoms with Crippen LogP contribution in [0.15, 0.2) is 0 Å². The first-order valence-corrected chi connectivity index (χ1v) is 14.9. The first kappa shape index (κ1) is 32.2. The van der Waals surface area contributed by atoms with Gasteiger partial charge in [0, 0.05) is 13.0 Å². The van der Waals surface area contributed by atoms with Gasteiger partial charge >= 0.3 is 10.1 Å². The Morgan fingerprint density at radius 1 is 0.606 bits per heavy atom. The van der Waals surface area contributed by atoms with Crippen molar-refractivity contribution in [3.8, 4) is 12.0 Å². The highest BCUT2D eigenvalue weighted by atomic mass is 32.2. The lowest BCUT2D eigenvalue weighted by Gasteiger charge is -2.04. The highest BCUT2D eigenvalue weighted by molar-refractivity contribution is 7.86. The minimum absolute atomic E-state index is 0.0331. The molecule has 0 saturated carbocycles. The Bertz CT molecular complexity index is 553. The third-order valence-electron chi connectivity index (χ3n) is 5.46. The molecule has 0 unspecified atom stereocenters. The largest absolute Gasteiger partial charge is 0.379 e. The summed E-state index contributed by atoms with van der Waals surface area (Å²) >= 11 is 0. The van der Waals surface area contributed by atoms with E-state index in [0.717, 1.165) is 12.8 Å². The Labute approximate surface area is 204 Å². The summed E-state index contributed by atoms with van der Waals surface area (Å²) in [6, 6.07) is 0. The highest BCUT2D eigenvalue weighted by Gasteiger charge is 2.12. The third-order valence-corrected chi connectivity index (χ3v) is 6.40. The fourth-order valence-corrected chi connectivity index (χ4v) is 4.00. The molecular formula is C26H50O6S. The second-order valence-corrected chi connectivity index (χ2v) is 10.2. The number of rotatable bonds is 25. The standard InChI is InChI=1S/C26H50O6S/c1-3-5-6-7-8-9-10-11-12-13-14-15-16-17-18-19-20-21-22-31-32-33(27,28)26-25-30-24-23-29-4-2/h3-20,23-26H2,1-2H3. The van der Waals surface area contributed by atoms with Gasteiger partial charge in [-0.2, -0.15) is 8.42 Å². The predicted octanol–water partition coefficient (Wildman–Crippen LogP) is 6.93. The zero-order chi connectivity index (χ0) is 24.3. The maximum Gasteiger partial charge on any atom is 0.306 e. The fourth-order valence-electron chi connectivity index (χ4n) is 3.47. The zero-order valence-electron chi connectivity index (χ0n) is 21.4. The summed E-state index contributed by atoms with van der Waals surface area (Å²) in [5.41, 5.74) is 0. The number of ether oxygens (including phenoxy) is 2. The lowest BCUT2D eigenvalue weighted by atomic mass is 10.0. The van der Waals surface area contributed by atoms with Crippen LogP contribution in [0.4, 0.5) is 0 Å². The van der Waals surface area contributed by atoms with Gasteiger partial charge in [0.2, 0.25) is 0 Å². The topological polar surface area (TPSA) is 71.1 Å². The Balaban J connectivity index is 3.33. The highest BCUT2D eigenvalue weighted by Crippen LogP contribution is 2.13. The predicted molar refractivity (Wildman–Crippen MR) is 135 cm³/mol. The number of hydrogen-bond acceptors (Lipinski definition) is 6. The SMILES string of the molecule is CCCCCCCCCCCCCCCCCCC#COOS(=O)(=O)CCOCCOCC. The molecule has 0 amide bonds. The first-order valence-electron chi connectivity index (χ1n) is 13.3. The van der Waals surface area contributed by atoms with Gasteiger partial charge in [0.05, 0.1) is 19.8 Å². The molecule has 0 N–H and O–H groups in total. The van der Waals surface area contributed by atoms with Crippen molar-refractivity contribution >= 4 is 10.1 Å². The Kier molecular flexibility index (Phi) is 25.2. The summed E-state index contributed by atoms with van der Waals surface area (Å²) in [6.45, 7) is 5.59. The van der Waals surface area contributed by atoms with Crippen molar-refractivity contribution in [2.45, 2.75) is 123 Å². The van der Waals surface area contributed by atoms with Crippen molar-refractivity contribution in [1.82, 2.24) is 0 Å². The monoisotopic (exact) mass is 490 g/mol. The van der Waals surface area contributed by atoms with Crippen LogP contribution in [0, 0.1) is 12.0 Å². The minimum atomic E-state index is -3.79. The van der Waals surface area contributed by atoms with Crippen LogP contribution in [0.1, 0.15) is 123 Å². The summed E-state index contributed by atoms with van der Waals surface area (Å²) < 4.78 is 37.8. The smallest absolute Gasteiger partial charge is 0.306 e. The van der Waals surface area contributed by atoms with Gasteiger partial charge in [0.1, 0.15) is 5.75 Å². The summed E-state index contributed by atoms with van der Waals surface area (Å²) in [5, 5.41) is 0. The van der Waals surface area contributed by atoms with Gasteiger partial charge in [0.25, 0.3) is 0 Å². The Morgan fingerprint density at radius 3 is 1.61 bits per heavy atom. The summed E-state index contributed by atoms with van der Waals surface area (Å²) in [4.78, 5) is 4.49. The van der Waals surface area contributed by atoms with Crippen molar-refractivity contribution in [2.24, 2.45) is 0 Å². The van der Waals surface area contributed by atoms with Gasteiger partial charge in [-0.05, 0) is 17.7 Å². The molecule has 0 radical (unpaired) electrons. The van der Waals surface area contributed by atoms with E-state index in [9.17, 15) is 8.42 Å². The molecule has 0 heterocycles. The van der Waals surface area contributed by atoms with Crippen molar-refractivity contribution in [3.05, 3.63) is 0 Å². The molecule has 33 heavy (non-hydrogen) atoms. The molecule has 0 aromatic rings. The summed E-state index contributed by atoms with van der Waals surface area (Å²) in [7, 11) is -3.79. The van der Waals surface area contributed by atoms with E-state index in [4.69, 9.17) is 9.47 Å². The van der Waals surface area contributed by atoms with Crippen LogP contribution in [0.3, 0.4) is 0 Å². The molecule has 0 aromatic heterocycles. The molecule has 196 valence electrons. The van der Waals surface area contributed by atoms with E-state index in [2.05, 4.69) is 28.2 Å². The molecule has 0 aliphatic heterocycles. The molecule has 7 heteroatoms. The average molecular weight is 491 g/mol. The van der Waals surface area contributed by atoms with E-state index in [0.29, 0.717) is 26.2 Å². The molecule has 0 atom stereocenters. The normalized spacial score (nSPS) is 11.3. The van der Waals surface area contributed by atoms with Crippen LogP contribution >= 0.6 is 0 Å². The zero-order valence-corrected chi connectivity index (χ0v) is 22.2. The van der Waals surface area contributed by atoms with Crippen LogP contribution in [0.2, 0.25) is 0 Å². The van der Waals surface area contributed by atoms with Gasteiger partial charge in [-0.3, -0.25) is 4.89 Å². The molecular weight excluding hydrogens is 440 g/mol. The fraction of sp³-hybridized carbons (Fsp3) is 0.923. The van der Waals surface area contributed by atoms with Crippen molar-refractivity contribution in [3.63, 3.8) is 0 Å². The molecule has 0 spiro atoms. The van der Waals surface area contributed by atoms with Crippen LogP contribution < -0.4 is 0 Å². The molecule has 0 aromatic carbocycles. The van der Waals surface area contributed by atoms with E-state index in [-0.39, 0.29) is 12.4 Å². The van der Waals surface area contributed by atoms with E-state index < -0.39 is 10.1 Å². The molecule has 6 nitrogen and oxygen atoms in total. The van der Waals surface area contributed by atoms with E-state index in [1.165, 1.54) is 89.9 Å². The second-order valence-electron chi connectivity index (χ2n) is 8.55. The molecule has 0 saturated heterocycles. The van der Waals surface area contributed by atoms with E-state index in [1.807, 2.05) is 6.92 Å². The summed E-state index contributed by atoms with van der Waals surface area (Å²) in [6.07, 6.45) is 24.3. The lowest BCUT2D eigenvalue weighted by Crippen LogP contribution is -2.16. The second kappa shape index (κ2) is 25.8. The van der Waals surface area contributed by atoms with Crippen LogP contribution in [-0.2, 0) is 28.8 Å². The third kappa shape index (κ3) is 27.3. The van der Waals surface area contributed by atoms with Crippen LogP contribution in [0.5, 0.6) is 0 Å². The van der Waals surface area contributed by atoms with Crippen molar-refractivity contribution < 1.29 is 27.1 Å². The van der Waals surface area contributed by atoms with Crippen molar-refractivity contribution in [1.29, 1.82) is 0 Å². The molecule has 0 aliphatic carbocycles. The quantitative estimate of drug-likeness (QED) is 0.0598. The van der Waals surface area contributed by atoms with E-state index >= 15 is 0 Å². The lowest BCUT2D eigenvalue weighted by molar-refractivity contribution is -0.127. The number of hydrogen-bond donors (Lipinski definition) is 0. The van der Waals surface area contributed by atoms with Gasteiger partial charge < -0.3 is 9.47 Å². The van der Waals surface area contributed by atoms with Gasteiger partial charge in [0.15, 0.2) is 6.11 Å². The Hall–Kier alpha value is -0.810. The van der Waals surface area contributed by atoms with Gasteiger partial charge in [-0.1, -0.05) is 109 Å². The van der Waals surface area contributed by atoms with Crippen LogP contribution in [-0.4, -0.2) is 40.6 Å².